The molecule has 5 aliphatic carbocycles. The smallest absolute Gasteiger partial charge is 0.469 e. The number of carbonyl (C=O) groups is 8. The molecule has 0 saturated heterocycles. The zero-order valence-corrected chi connectivity index (χ0v) is 87.6. The molecule has 0 aromatic carbocycles. The van der Waals surface area contributed by atoms with E-state index in [1.54, 1.807) is 20.8 Å². The second kappa shape index (κ2) is 50.9. The molecule has 5 fully saturated rings. The Hall–Kier alpha value is -4.12. The van der Waals surface area contributed by atoms with E-state index >= 15 is 0 Å². The minimum Gasteiger partial charge on any atom is -0.491 e. The molecule has 11 unspecified atom stereocenters. The van der Waals surface area contributed by atoms with Gasteiger partial charge >= 0.3 is 56.6 Å². The van der Waals surface area contributed by atoms with Crippen LogP contribution in [0.15, 0.2) is 37.1 Å². The van der Waals surface area contributed by atoms with Gasteiger partial charge in [-0.3, -0.25) is 33.6 Å². The van der Waals surface area contributed by atoms with Gasteiger partial charge in [-0.1, -0.05) is 102 Å². The normalized spacial score (nSPS) is 21.4. The van der Waals surface area contributed by atoms with Gasteiger partial charge in [-0.25, -0.2) is 4.79 Å². The number of carbonyl (C=O) groups excluding carboxylic acids is 8. The molecule has 0 aromatic rings. The van der Waals surface area contributed by atoms with Gasteiger partial charge in [0.2, 0.25) is 0 Å². The summed E-state index contributed by atoms with van der Waals surface area (Å²) in [6.07, 6.45) is 17.7. The Morgan fingerprint density at radius 3 is 1.33 bits per heavy atom. The molecule has 694 valence electrons. The van der Waals surface area contributed by atoms with Gasteiger partial charge in [-0.2, -0.15) is 0 Å². The van der Waals surface area contributed by atoms with Crippen LogP contribution in [0.4, 0.5) is 0 Å². The van der Waals surface area contributed by atoms with Gasteiger partial charge < -0.3 is 64.2 Å². The van der Waals surface area contributed by atoms with Crippen molar-refractivity contribution < 1.29 is 103 Å². The molecule has 0 aliphatic heterocycles. The highest BCUT2D eigenvalue weighted by Gasteiger charge is 2.63. The Morgan fingerprint density at radius 2 is 0.908 bits per heavy atom. The average Bonchev–Trinajstić information content (AvgIpc) is 1.56. The Balaban J connectivity index is 0.00000141. The number of ether oxygens (including phenoxy) is 9. The fourth-order valence-electron chi connectivity index (χ4n) is 14.6. The van der Waals surface area contributed by atoms with Gasteiger partial charge in [0, 0.05) is 24.0 Å². The number of rotatable bonds is 44. The van der Waals surface area contributed by atoms with E-state index in [1.165, 1.54) is 38.5 Å². The molecule has 0 amide bonds. The number of esters is 8. The van der Waals surface area contributed by atoms with Crippen LogP contribution in [0, 0.1) is 73.9 Å². The molecule has 4 bridgehead atoms. The summed E-state index contributed by atoms with van der Waals surface area (Å²) in [4.78, 5) is 93.1. The zero-order valence-electron chi connectivity index (χ0n) is 81.6. The first-order valence-corrected chi connectivity index (χ1v) is 63.5. The predicted octanol–water partition coefficient (Wildman–Crippen LogP) is 21.9. The van der Waals surface area contributed by atoms with E-state index in [4.69, 9.17) is 59.1 Å². The molecule has 28 heteroatoms. The molecule has 0 aromatic heterocycles. The first kappa shape index (κ1) is 115. The maximum Gasteiger partial charge on any atom is 0.469 e. The van der Waals surface area contributed by atoms with Crippen molar-refractivity contribution in [2.24, 2.45) is 73.9 Å². The lowest BCUT2D eigenvalue weighted by molar-refractivity contribution is -0.167. The van der Waals surface area contributed by atoms with Crippen LogP contribution >= 0.6 is 0 Å². The van der Waals surface area contributed by atoms with Crippen LogP contribution in [0.3, 0.4) is 0 Å². The standard InChI is InChI=1S/C18H44O5Si4.C16H26O2.C16H28O2.C14H22O6.C14H32O3Si2.C13H22O4/c1-13-18(2,3)17(19)20-15-14-16-27(21-24(4,5)6,22-25(7,8)9)23-26(10,11)12;1-4-16(2,3)15(17)18-14-9-10-8-13(14)12-7-5-6-11(10)12;1-7-14(2,3)13(17)18-12-10-11-8-9-16(12,6)15(11,4)5;1-4-11(3)14(17)20-10-9-19-13(16)7-6-8-18-12(15)5-2;1-9-14(2,3)13(15)16-11-10-12-19(7,8)17-18(4,5)6;1-6-10(4)13(15)17-8-12(14)7-16-11(5)9(2)3/h13-16H2,1-12H3;10-14H,4-9H2,1-3H3;11-12H,7-10H2,1-6H3;5,11H,2,4,6-10H2,1,3H3;9-12H2,1-8H3;10,12,14H,2,5-8H2,1,3-4H3. The number of hydrogen-bond acceptors (Lipinski definition) is 22. The van der Waals surface area contributed by atoms with Crippen molar-refractivity contribution in [3.05, 3.63) is 37.1 Å². The van der Waals surface area contributed by atoms with Gasteiger partial charge in [-0.15, -0.1) is 0 Å². The molecule has 5 saturated carbocycles. The lowest BCUT2D eigenvalue weighted by atomic mass is 9.70. The van der Waals surface area contributed by atoms with Crippen molar-refractivity contribution in [2.45, 2.75) is 376 Å². The SMILES string of the molecule is C=C(C)C(=C)OCC(O)COC(=O)C(C)CC.C=CC(=O)OCCCC(=O)OCCOC(=O)C(C)CC.CCC(C)(C)C(=O)OC1CC2CC1C1CCCC21.CCC(C)(C)C(=O)OC1CC2CCC1(C)C2(C)C.CCC(C)(C)C(=O)OCCC[Si](C)(C)O[Si](C)(C)C.CCC(C)(C)C(=O)OCCC[Si](O[Si](C)(C)C)(O[Si](C)(C)C)O[Si](C)(C)C. The third-order valence-corrected chi connectivity index (χ3v) is 42.5. The van der Waals surface area contributed by atoms with E-state index < -0.39 is 73.8 Å². The summed E-state index contributed by atoms with van der Waals surface area (Å²) in [6.45, 7) is 82.4. The maximum absolute atomic E-state index is 12.3. The molecule has 5 rings (SSSR count). The largest absolute Gasteiger partial charge is 0.491 e. The summed E-state index contributed by atoms with van der Waals surface area (Å²) < 4.78 is 73.4. The highest BCUT2D eigenvalue weighted by Crippen LogP contribution is 2.66. The van der Waals surface area contributed by atoms with E-state index in [0.717, 1.165) is 87.2 Å². The van der Waals surface area contributed by atoms with Crippen LogP contribution in [0.25, 0.3) is 0 Å². The predicted molar refractivity (Wildman–Crippen MR) is 492 cm³/mol. The van der Waals surface area contributed by atoms with Crippen LogP contribution in [-0.2, 0) is 97.4 Å². The monoisotopic (exact) mass is 1790 g/mol. The first-order chi connectivity index (χ1) is 54.3. The number of fused-ring (bicyclic) bond motifs is 7. The Labute approximate surface area is 729 Å². The quantitative estimate of drug-likeness (QED) is 0.0113. The van der Waals surface area contributed by atoms with E-state index in [0.29, 0.717) is 61.2 Å². The van der Waals surface area contributed by atoms with Crippen molar-refractivity contribution in [3.63, 3.8) is 0 Å². The van der Waals surface area contributed by atoms with E-state index in [1.807, 2.05) is 90.0 Å². The minimum atomic E-state index is -2.83. The Kier molecular flexibility index (Phi) is 49.1. The number of hydrogen-bond donors (Lipinski definition) is 1. The van der Waals surface area contributed by atoms with Crippen molar-refractivity contribution in [3.8, 4) is 0 Å². The summed E-state index contributed by atoms with van der Waals surface area (Å²) >= 11 is 0. The van der Waals surface area contributed by atoms with Crippen LogP contribution in [-0.4, -0.2) is 168 Å². The highest BCUT2D eigenvalue weighted by molar-refractivity contribution is 6.90. The van der Waals surface area contributed by atoms with Crippen molar-refractivity contribution >= 4 is 98.1 Å². The molecule has 0 heterocycles. The molecule has 0 spiro atoms. The van der Waals surface area contributed by atoms with Crippen molar-refractivity contribution in [2.75, 3.05) is 46.2 Å². The molecule has 22 nitrogen and oxygen atoms in total. The number of allylic oxidation sites excluding steroid dienone is 1. The molecular formula is C91H174O22Si6. The summed E-state index contributed by atoms with van der Waals surface area (Å²) in [7, 11) is -11.5. The van der Waals surface area contributed by atoms with E-state index in [-0.39, 0.29) is 121 Å². The molecular weight excluding hydrogens is 1610 g/mol. The van der Waals surface area contributed by atoms with Gasteiger partial charge in [0.25, 0.3) is 0 Å². The van der Waals surface area contributed by atoms with Crippen LogP contribution in [0.2, 0.25) is 104 Å². The molecule has 11 atom stereocenters. The summed E-state index contributed by atoms with van der Waals surface area (Å²) in [5, 5.41) is 9.51. The Bertz CT molecular complexity index is 3120. The number of aliphatic hydroxyl groups is 1. The minimum absolute atomic E-state index is 0.0143. The lowest BCUT2D eigenvalue weighted by Gasteiger charge is -2.42. The van der Waals surface area contributed by atoms with E-state index in [2.05, 4.69) is 139 Å². The summed E-state index contributed by atoms with van der Waals surface area (Å²) in [6, 6.07) is 1.75. The molecule has 119 heavy (non-hydrogen) atoms. The van der Waals surface area contributed by atoms with Gasteiger partial charge in [0.15, 0.2) is 41.6 Å². The fraction of sp³-hybridized carbons (Fsp3) is 0.846. The Morgan fingerprint density at radius 1 is 0.487 bits per heavy atom. The van der Waals surface area contributed by atoms with Gasteiger partial charge in [0.1, 0.15) is 50.5 Å². The zero-order chi connectivity index (χ0) is 92.5. The second-order valence-electron chi connectivity index (χ2n) is 41.6. The number of aliphatic hydroxyl groups excluding tert-OH is 1. The summed E-state index contributed by atoms with van der Waals surface area (Å²) in [5.41, 5.74) is -0.256. The molecule has 5 aliphatic rings. The maximum atomic E-state index is 12.3. The third kappa shape index (κ3) is 42.6. The van der Waals surface area contributed by atoms with Crippen LogP contribution in [0.5, 0.6) is 0 Å². The third-order valence-electron chi connectivity index (χ3n) is 24.2. The van der Waals surface area contributed by atoms with Crippen molar-refractivity contribution in [1.29, 1.82) is 0 Å². The summed E-state index contributed by atoms with van der Waals surface area (Å²) in [5.74, 6) is 2.54. The average molecular weight is 1790 g/mol. The van der Waals surface area contributed by atoms with E-state index in [9.17, 15) is 43.5 Å². The first-order valence-electron chi connectivity index (χ1n) is 44.8. The van der Waals surface area contributed by atoms with Crippen molar-refractivity contribution in [1.82, 2.24) is 0 Å². The second-order valence-corrected chi connectivity index (χ2v) is 67.7. The molecule has 0 radical (unpaired) electrons. The lowest BCUT2D eigenvalue weighted by Crippen LogP contribution is -2.60. The van der Waals surface area contributed by atoms with Gasteiger partial charge in [-0.05, 0) is 303 Å². The molecule has 1 N–H and O–H groups in total. The highest BCUT2D eigenvalue weighted by atomic mass is 28.5. The van der Waals surface area contributed by atoms with Crippen LogP contribution < -0.4 is 0 Å². The fourth-order valence-corrected chi connectivity index (χ4v) is 37.3. The van der Waals surface area contributed by atoms with Crippen LogP contribution in [0.1, 0.15) is 254 Å². The topological polar surface area (TPSA) is 277 Å². The van der Waals surface area contributed by atoms with Gasteiger partial charge in [0.05, 0.1) is 53.3 Å².